The van der Waals surface area contributed by atoms with Crippen molar-refractivity contribution in [2.75, 3.05) is 17.6 Å². The Morgan fingerprint density at radius 2 is 2.24 bits per heavy atom. The first-order chi connectivity index (χ1) is 8.16. The Morgan fingerprint density at radius 1 is 1.41 bits per heavy atom. The van der Waals surface area contributed by atoms with Gasteiger partial charge in [-0.3, -0.25) is 0 Å². The summed E-state index contributed by atoms with van der Waals surface area (Å²) in [6.45, 7) is 4.79. The zero-order valence-electron chi connectivity index (χ0n) is 10.0. The molecule has 0 amide bonds. The largest absolute Gasteiger partial charge is 0.396 e. The summed E-state index contributed by atoms with van der Waals surface area (Å²) < 4.78 is 0. The van der Waals surface area contributed by atoms with Gasteiger partial charge in [-0.1, -0.05) is 0 Å². The molecule has 2 aromatic rings. The molecular formula is C12H16N4S. The minimum atomic E-state index is 0.724. The van der Waals surface area contributed by atoms with Gasteiger partial charge in [-0.05, 0) is 25.5 Å². The van der Waals surface area contributed by atoms with Gasteiger partial charge < -0.3 is 11.1 Å². The summed E-state index contributed by atoms with van der Waals surface area (Å²) in [5.41, 5.74) is 8.82. The average Bonchev–Trinajstić information content (AvgIpc) is 2.70. The number of anilines is 2. The molecule has 0 bridgehead atoms. The Morgan fingerprint density at radius 3 is 2.94 bits per heavy atom. The first-order valence-electron chi connectivity index (χ1n) is 5.53. The predicted octanol–water partition coefficient (Wildman–Crippen LogP) is 2.39. The third-order valence-corrected chi connectivity index (χ3v) is 3.37. The van der Waals surface area contributed by atoms with Crippen molar-refractivity contribution in [1.82, 2.24) is 9.97 Å². The third kappa shape index (κ3) is 2.94. The van der Waals surface area contributed by atoms with E-state index in [-0.39, 0.29) is 0 Å². The number of aromatic nitrogens is 2. The van der Waals surface area contributed by atoms with E-state index in [2.05, 4.69) is 20.7 Å². The van der Waals surface area contributed by atoms with Gasteiger partial charge in [0.2, 0.25) is 0 Å². The maximum atomic E-state index is 5.93. The van der Waals surface area contributed by atoms with Crippen LogP contribution in [0.4, 0.5) is 11.5 Å². The topological polar surface area (TPSA) is 63.8 Å². The Hall–Kier alpha value is -1.62. The van der Waals surface area contributed by atoms with Crippen molar-refractivity contribution in [3.8, 4) is 0 Å². The summed E-state index contributed by atoms with van der Waals surface area (Å²) in [4.78, 5) is 8.63. The van der Waals surface area contributed by atoms with Gasteiger partial charge in [0.25, 0.3) is 0 Å². The number of rotatable bonds is 4. The lowest BCUT2D eigenvalue weighted by Gasteiger charge is -2.08. The zero-order valence-corrected chi connectivity index (χ0v) is 10.8. The summed E-state index contributed by atoms with van der Waals surface area (Å²) in [6.07, 6.45) is 2.65. The van der Waals surface area contributed by atoms with E-state index in [1.165, 1.54) is 0 Å². The lowest BCUT2D eigenvalue weighted by atomic mass is 10.2. The number of nitrogens with one attached hydrogen (secondary N) is 1. The normalized spacial score (nSPS) is 10.5. The molecule has 0 aliphatic rings. The predicted molar refractivity (Wildman–Crippen MR) is 72.4 cm³/mol. The van der Waals surface area contributed by atoms with Crippen molar-refractivity contribution in [2.45, 2.75) is 20.3 Å². The molecule has 4 nitrogen and oxygen atoms in total. The highest BCUT2D eigenvalue weighted by atomic mass is 32.1. The summed E-state index contributed by atoms with van der Waals surface area (Å²) in [5, 5.41) is 6.43. The van der Waals surface area contributed by atoms with Crippen LogP contribution in [0, 0.1) is 13.8 Å². The van der Waals surface area contributed by atoms with E-state index in [0.717, 1.165) is 40.7 Å². The molecule has 0 aromatic carbocycles. The van der Waals surface area contributed by atoms with Crippen LogP contribution >= 0.6 is 11.3 Å². The van der Waals surface area contributed by atoms with Crippen LogP contribution in [0.2, 0.25) is 0 Å². The smallest absolute Gasteiger partial charge is 0.149 e. The minimum Gasteiger partial charge on any atom is -0.396 e. The highest BCUT2D eigenvalue weighted by Gasteiger charge is 2.03. The summed E-state index contributed by atoms with van der Waals surface area (Å²) >= 11 is 1.68. The summed E-state index contributed by atoms with van der Waals surface area (Å²) in [6, 6.07) is 1.91. The second kappa shape index (κ2) is 5.14. The molecule has 0 spiro atoms. The highest BCUT2D eigenvalue weighted by molar-refractivity contribution is 7.09. The van der Waals surface area contributed by atoms with E-state index < -0.39 is 0 Å². The molecule has 0 aliphatic heterocycles. The molecular weight excluding hydrogens is 232 g/mol. The maximum absolute atomic E-state index is 5.93. The minimum absolute atomic E-state index is 0.724. The lowest BCUT2D eigenvalue weighted by molar-refractivity contribution is 0.960. The van der Waals surface area contributed by atoms with E-state index in [4.69, 9.17) is 5.73 Å². The molecule has 0 fully saturated rings. The van der Waals surface area contributed by atoms with Gasteiger partial charge in [-0.15, -0.1) is 11.3 Å². The van der Waals surface area contributed by atoms with Crippen molar-refractivity contribution in [3.05, 3.63) is 33.9 Å². The number of nitrogens with two attached hydrogens (primary N) is 1. The quantitative estimate of drug-likeness (QED) is 0.872. The van der Waals surface area contributed by atoms with Crippen LogP contribution in [-0.4, -0.2) is 16.5 Å². The first-order valence-corrected chi connectivity index (χ1v) is 6.40. The number of thiazole rings is 1. The standard InChI is InChI=1S/C12H16N4S/c1-8-3-5-14-12(11(8)13)15-6-4-10-7-17-9(2)16-10/h3,5,7H,4,6,13H2,1-2H3,(H,14,15). The number of nitrogen functional groups attached to an aromatic ring is 1. The summed E-state index contributed by atoms with van der Waals surface area (Å²) in [5.74, 6) is 0.761. The van der Waals surface area contributed by atoms with Gasteiger partial charge >= 0.3 is 0 Å². The average molecular weight is 248 g/mol. The fourth-order valence-electron chi connectivity index (χ4n) is 1.54. The van der Waals surface area contributed by atoms with Crippen LogP contribution < -0.4 is 11.1 Å². The highest BCUT2D eigenvalue weighted by Crippen LogP contribution is 2.18. The Labute approximate surface area is 105 Å². The van der Waals surface area contributed by atoms with Crippen molar-refractivity contribution in [3.63, 3.8) is 0 Å². The molecule has 2 rings (SSSR count). The van der Waals surface area contributed by atoms with Gasteiger partial charge in [-0.2, -0.15) is 0 Å². The van der Waals surface area contributed by atoms with Crippen molar-refractivity contribution >= 4 is 22.8 Å². The molecule has 5 heteroatoms. The van der Waals surface area contributed by atoms with Gasteiger partial charge in [0.05, 0.1) is 16.4 Å². The molecule has 2 heterocycles. The number of pyridine rings is 1. The van der Waals surface area contributed by atoms with E-state index >= 15 is 0 Å². The van der Waals surface area contributed by atoms with Gasteiger partial charge in [0, 0.05) is 24.5 Å². The Kier molecular flexibility index (Phi) is 3.58. The van der Waals surface area contributed by atoms with Gasteiger partial charge in [-0.25, -0.2) is 9.97 Å². The molecule has 0 aliphatic carbocycles. The van der Waals surface area contributed by atoms with Crippen LogP contribution in [-0.2, 0) is 6.42 Å². The molecule has 0 saturated carbocycles. The maximum Gasteiger partial charge on any atom is 0.149 e. The van der Waals surface area contributed by atoms with Crippen molar-refractivity contribution in [1.29, 1.82) is 0 Å². The molecule has 2 aromatic heterocycles. The van der Waals surface area contributed by atoms with Gasteiger partial charge in [0.1, 0.15) is 5.82 Å². The first kappa shape index (κ1) is 11.9. The number of nitrogens with zero attached hydrogens (tertiary/aromatic N) is 2. The Balaban J connectivity index is 1.92. The third-order valence-electron chi connectivity index (χ3n) is 2.55. The van der Waals surface area contributed by atoms with Crippen molar-refractivity contribution < 1.29 is 0 Å². The van der Waals surface area contributed by atoms with Gasteiger partial charge in [0.15, 0.2) is 0 Å². The molecule has 0 unspecified atom stereocenters. The number of hydrogen-bond acceptors (Lipinski definition) is 5. The van der Waals surface area contributed by atoms with Crippen LogP contribution in [0.15, 0.2) is 17.6 Å². The second-order valence-corrected chi connectivity index (χ2v) is 4.99. The second-order valence-electron chi connectivity index (χ2n) is 3.92. The fourth-order valence-corrected chi connectivity index (χ4v) is 2.19. The Bertz CT molecular complexity index is 507. The number of aryl methyl sites for hydroxylation is 2. The molecule has 0 atom stereocenters. The fraction of sp³-hybridized carbons (Fsp3) is 0.333. The molecule has 17 heavy (non-hydrogen) atoms. The van der Waals surface area contributed by atoms with E-state index in [9.17, 15) is 0 Å². The zero-order chi connectivity index (χ0) is 12.3. The van der Waals surface area contributed by atoms with E-state index in [1.54, 1.807) is 17.5 Å². The number of hydrogen-bond donors (Lipinski definition) is 2. The molecule has 0 saturated heterocycles. The van der Waals surface area contributed by atoms with E-state index in [0.29, 0.717) is 0 Å². The van der Waals surface area contributed by atoms with Crippen LogP contribution in [0.25, 0.3) is 0 Å². The molecule has 90 valence electrons. The van der Waals surface area contributed by atoms with Crippen LogP contribution in [0.1, 0.15) is 16.3 Å². The monoisotopic (exact) mass is 248 g/mol. The van der Waals surface area contributed by atoms with Crippen LogP contribution in [0.3, 0.4) is 0 Å². The molecule has 3 N–H and O–H groups in total. The van der Waals surface area contributed by atoms with E-state index in [1.807, 2.05) is 19.9 Å². The lowest BCUT2D eigenvalue weighted by Crippen LogP contribution is -2.09. The molecule has 0 radical (unpaired) electrons. The van der Waals surface area contributed by atoms with Crippen LogP contribution in [0.5, 0.6) is 0 Å². The summed E-state index contributed by atoms with van der Waals surface area (Å²) in [7, 11) is 0. The SMILES string of the molecule is Cc1nc(CCNc2nccc(C)c2N)cs1. The van der Waals surface area contributed by atoms with Crippen molar-refractivity contribution in [2.24, 2.45) is 0 Å².